The molecule has 1 aliphatic carbocycles. The summed E-state index contributed by atoms with van der Waals surface area (Å²) < 4.78 is 78.3. The van der Waals surface area contributed by atoms with Gasteiger partial charge in [0, 0.05) is 72.3 Å². The Morgan fingerprint density at radius 1 is 0.924 bits per heavy atom. The number of ether oxygens (including phenoxy) is 11. The monoisotopic (exact) mass is 1130 g/mol. The summed E-state index contributed by atoms with van der Waals surface area (Å²) in [5.74, 6) is -3.46. The molecule has 7 rings (SSSR count). The van der Waals surface area contributed by atoms with Gasteiger partial charge in [-0.2, -0.15) is 0 Å². The Morgan fingerprint density at radius 3 is 2.30 bits per heavy atom. The number of hydrogen-bond acceptors (Lipinski definition) is 16. The molecule has 6 aliphatic heterocycles. The summed E-state index contributed by atoms with van der Waals surface area (Å²) in [5, 5.41) is 18.9. The second-order valence-corrected chi connectivity index (χ2v) is 29.8. The average Bonchev–Trinajstić information content (AvgIpc) is 3.96. The van der Waals surface area contributed by atoms with Crippen LogP contribution in [0.3, 0.4) is 0 Å². The zero-order valence-electron chi connectivity index (χ0n) is 50.3. The van der Waals surface area contributed by atoms with E-state index >= 15 is 0 Å². The highest BCUT2D eigenvalue weighted by Gasteiger charge is 2.62. The van der Waals surface area contributed by atoms with E-state index in [4.69, 9.17) is 56.5 Å². The van der Waals surface area contributed by atoms with Gasteiger partial charge in [0.2, 0.25) is 5.91 Å². The maximum absolute atomic E-state index is 14.9. The van der Waals surface area contributed by atoms with Gasteiger partial charge < -0.3 is 72.3 Å². The molecule has 20 atom stereocenters. The van der Waals surface area contributed by atoms with E-state index in [0.717, 1.165) is 17.6 Å². The topological polar surface area (TPSA) is 206 Å². The Bertz CT molecular complexity index is 2300. The second-order valence-electron chi connectivity index (χ2n) is 25.0. The third-order valence-corrected chi connectivity index (χ3v) is 22.7. The first kappa shape index (κ1) is 63.4. The highest BCUT2D eigenvalue weighted by Crippen LogP contribution is 2.50. The van der Waals surface area contributed by atoms with Gasteiger partial charge in [0.05, 0.1) is 62.0 Å². The summed E-state index contributed by atoms with van der Waals surface area (Å²) >= 11 is 0. The molecule has 0 aromatic rings. The molecular formula is C60H96N2O16Si. The number of amides is 2. The zero-order chi connectivity index (χ0) is 58.0. The van der Waals surface area contributed by atoms with E-state index in [0.29, 0.717) is 31.3 Å². The normalized spacial score (nSPS) is 42.4. The van der Waals surface area contributed by atoms with Crippen LogP contribution in [-0.4, -0.2) is 169 Å². The zero-order valence-corrected chi connectivity index (χ0v) is 51.3. The van der Waals surface area contributed by atoms with Gasteiger partial charge >= 0.3 is 5.97 Å². The third kappa shape index (κ3) is 13.4. The molecule has 19 heteroatoms. The molecule has 0 radical (unpaired) electrons. The number of nitrogens with one attached hydrogen (secondary N) is 2. The molecular weight excluding hydrogens is 1030 g/mol. The quantitative estimate of drug-likeness (QED) is 0.0622. The lowest BCUT2D eigenvalue weighted by atomic mass is 9.71. The minimum absolute atomic E-state index is 0.0874. The van der Waals surface area contributed by atoms with E-state index in [9.17, 15) is 19.5 Å². The molecule has 0 saturated carbocycles. The molecule has 0 aromatic heterocycles. The van der Waals surface area contributed by atoms with Crippen molar-refractivity contribution < 1.29 is 76.0 Å². The first-order valence-electron chi connectivity index (χ1n) is 28.9. The second kappa shape index (κ2) is 25.8. The van der Waals surface area contributed by atoms with Gasteiger partial charge in [-0.3, -0.25) is 14.4 Å². The first-order chi connectivity index (χ1) is 37.2. The van der Waals surface area contributed by atoms with Gasteiger partial charge in [-0.15, -0.1) is 0 Å². The van der Waals surface area contributed by atoms with Crippen molar-refractivity contribution in [3.63, 3.8) is 0 Å². The predicted molar refractivity (Wildman–Crippen MR) is 299 cm³/mol. The Labute approximate surface area is 471 Å². The maximum Gasteiger partial charge on any atom is 0.316 e. The molecule has 4 fully saturated rings. The van der Waals surface area contributed by atoms with Gasteiger partial charge in [-0.25, -0.2) is 0 Å². The van der Waals surface area contributed by atoms with Crippen LogP contribution >= 0.6 is 0 Å². The maximum atomic E-state index is 14.9. The number of carbonyl (C=O) groups is 3. The van der Waals surface area contributed by atoms with E-state index in [1.807, 2.05) is 51.2 Å². The van der Waals surface area contributed by atoms with Crippen LogP contribution in [-0.2, 0) is 70.9 Å². The van der Waals surface area contributed by atoms with Crippen LogP contribution in [0, 0.1) is 23.7 Å². The first-order valence-corrected chi connectivity index (χ1v) is 31.8. The molecule has 7 aliphatic rings. The van der Waals surface area contributed by atoms with Crippen molar-refractivity contribution in [2.75, 3.05) is 41.1 Å². The molecule has 0 unspecified atom stereocenters. The molecule has 6 heterocycles. The van der Waals surface area contributed by atoms with Crippen molar-refractivity contribution in [3.8, 4) is 0 Å². The Kier molecular flexibility index (Phi) is 20.7. The van der Waals surface area contributed by atoms with Crippen LogP contribution < -0.4 is 10.6 Å². The largest absolute Gasteiger partial charge is 0.462 e. The van der Waals surface area contributed by atoms with Crippen molar-refractivity contribution in [2.45, 2.75) is 236 Å². The standard InChI is InChI=1S/C60H96N2O16Si/c1-18-34(2)51-37(5)24-25-58(77-51)32-44-29-43(76-58)23-22-36(4)50(35(3)20-19-21-42-33-70-54-52(78-79(16,17)57(10,11)12)38(6)28-45(55(64)73-44)60(42,54)66)74-48-30-46(68-14)53(39(7)71-48)75-49-31-47(69-15)59(40(8)72-49,62-41(9)63)56(65)61-26-27-67-13/h19-22,24-25,28,34-35,37,39-40,43-54,66H,18,23,26-27,29-33H2,1-17H3,(H,61,65)(H,62,63)/b20-19+,36-22+,42-21+/t34-,35-,37-,39-,40-,43+,44-,45-,46-,47-,48-,49-,50-,51+,52+,53-,54+,58+,59-,60+/m0/s1. The van der Waals surface area contributed by atoms with E-state index in [2.05, 4.69) is 84.3 Å². The van der Waals surface area contributed by atoms with Crippen LogP contribution in [0.4, 0.5) is 0 Å². The van der Waals surface area contributed by atoms with Crippen molar-refractivity contribution in [1.82, 2.24) is 10.6 Å². The van der Waals surface area contributed by atoms with E-state index < -0.39 is 123 Å². The Balaban J connectivity index is 1.18. The summed E-state index contributed by atoms with van der Waals surface area (Å²) in [6.45, 7) is 29.1. The highest BCUT2D eigenvalue weighted by molar-refractivity contribution is 6.74. The van der Waals surface area contributed by atoms with E-state index in [1.54, 1.807) is 21.1 Å². The number of esters is 1. The number of carbonyl (C=O) groups excluding carboxylic acids is 3. The summed E-state index contributed by atoms with van der Waals surface area (Å²) in [6, 6.07) is 0. The summed E-state index contributed by atoms with van der Waals surface area (Å²) in [7, 11) is 2.25. The molecule has 18 nitrogen and oxygen atoms in total. The van der Waals surface area contributed by atoms with Gasteiger partial charge in [0.25, 0.3) is 5.91 Å². The van der Waals surface area contributed by atoms with Gasteiger partial charge in [0.15, 0.2) is 32.2 Å². The third-order valence-electron chi connectivity index (χ3n) is 18.3. The van der Waals surface area contributed by atoms with E-state index in [1.165, 1.54) is 14.0 Å². The number of aliphatic hydroxyl groups is 1. The molecule has 79 heavy (non-hydrogen) atoms. The van der Waals surface area contributed by atoms with Crippen LogP contribution in [0.1, 0.15) is 122 Å². The molecule has 446 valence electrons. The summed E-state index contributed by atoms with van der Waals surface area (Å²) in [6.07, 6.45) is 8.47. The lowest BCUT2D eigenvalue weighted by Gasteiger charge is -2.49. The number of hydrogen-bond donors (Lipinski definition) is 3. The molecule has 0 aromatic carbocycles. The fourth-order valence-corrected chi connectivity index (χ4v) is 13.8. The average molecular weight is 1130 g/mol. The summed E-state index contributed by atoms with van der Waals surface area (Å²) in [5.41, 5.74) is -1.01. The SMILES string of the molecule is CC[C@H](C)[C@H]1O[C@]2(C=C[C@@H]1C)C[C@@H]1C[C@@H](C/C=C(\C)[C@@H](O[C@H]3C[C@H](OC)[C@@H](O[C@H]4C[C@H](OC)[C@](NC(C)=O)(C(=O)NCCOC)[C@H](C)O4)[C@H](C)O3)[C@@H](C)/C=C/C=C3\CO[C@@H]4[C@H](O[Si](C)(C)C(C)(C)C)C(C)=C[C@@H](C(=O)O1)[C@]34O)O2. The van der Waals surface area contributed by atoms with Crippen LogP contribution in [0.5, 0.6) is 0 Å². The highest BCUT2D eigenvalue weighted by atomic mass is 28.4. The fourth-order valence-electron chi connectivity index (χ4n) is 12.5. The van der Waals surface area contributed by atoms with Crippen molar-refractivity contribution in [3.05, 3.63) is 59.3 Å². The van der Waals surface area contributed by atoms with E-state index in [-0.39, 0.29) is 55.1 Å². The Morgan fingerprint density at radius 2 is 1.65 bits per heavy atom. The predicted octanol–water partition coefficient (Wildman–Crippen LogP) is 7.68. The minimum atomic E-state index is -2.41. The van der Waals surface area contributed by atoms with Crippen molar-refractivity contribution in [2.24, 2.45) is 23.7 Å². The van der Waals surface area contributed by atoms with Crippen LogP contribution in [0.2, 0.25) is 18.1 Å². The lowest BCUT2D eigenvalue weighted by molar-refractivity contribution is -0.316. The van der Waals surface area contributed by atoms with Gasteiger partial charge in [-0.05, 0) is 81.0 Å². The number of fused-ring (bicyclic) bond motifs is 2. The number of methoxy groups -OCH3 is 3. The molecule has 1 spiro atoms. The Hall–Kier alpha value is -3.15. The van der Waals surface area contributed by atoms with Crippen molar-refractivity contribution in [1.29, 1.82) is 0 Å². The smallest absolute Gasteiger partial charge is 0.316 e. The van der Waals surface area contributed by atoms with Crippen LogP contribution in [0.15, 0.2) is 59.3 Å². The van der Waals surface area contributed by atoms with Crippen LogP contribution in [0.25, 0.3) is 0 Å². The molecule has 2 bridgehead atoms. The summed E-state index contributed by atoms with van der Waals surface area (Å²) in [4.78, 5) is 41.4. The molecule has 2 amide bonds. The van der Waals surface area contributed by atoms with Gasteiger partial charge in [-0.1, -0.05) is 91.3 Å². The number of allylic oxidation sites excluding steroid dienone is 2. The lowest BCUT2D eigenvalue weighted by Crippen LogP contribution is -2.74. The van der Waals surface area contributed by atoms with Crippen molar-refractivity contribution >= 4 is 26.1 Å². The van der Waals surface area contributed by atoms with Gasteiger partial charge in [0.1, 0.15) is 29.8 Å². The number of rotatable bonds is 15. The molecule has 4 saturated heterocycles. The molecule has 3 N–H and O–H groups in total. The fraction of sp³-hybridized carbons (Fsp3) is 0.783. The minimum Gasteiger partial charge on any atom is -0.462 e.